The third-order valence-electron chi connectivity index (χ3n) is 5.55. The highest BCUT2D eigenvalue weighted by Gasteiger charge is 2.53. The summed E-state index contributed by atoms with van der Waals surface area (Å²) in [7, 11) is 0. The van der Waals surface area contributed by atoms with Gasteiger partial charge in [-0.25, -0.2) is 4.79 Å². The molecule has 1 amide bonds. The Morgan fingerprint density at radius 2 is 2.22 bits per heavy atom. The van der Waals surface area contributed by atoms with E-state index in [0.29, 0.717) is 17.7 Å². The molecule has 0 saturated carbocycles. The highest BCUT2D eigenvalue weighted by Crippen LogP contribution is 2.47. The SMILES string of the molecule is CCc1cccc2c(C(=O)COC(=O)[C@@H]3CS[C@]4(C)CCC(=O)N34)c[nH]c12. The van der Waals surface area contributed by atoms with Gasteiger partial charge in [0.05, 0.1) is 4.87 Å². The first-order chi connectivity index (χ1) is 12.9. The summed E-state index contributed by atoms with van der Waals surface area (Å²) in [5.41, 5.74) is 2.61. The molecule has 4 rings (SSSR count). The van der Waals surface area contributed by atoms with Crippen molar-refractivity contribution in [1.82, 2.24) is 9.88 Å². The minimum atomic E-state index is -0.600. The van der Waals surface area contributed by atoms with E-state index in [2.05, 4.69) is 11.9 Å². The van der Waals surface area contributed by atoms with Crippen LogP contribution in [0.1, 0.15) is 42.6 Å². The number of aryl methyl sites for hydroxylation is 1. The molecular weight excluding hydrogens is 364 g/mol. The Kier molecular flexibility index (Phi) is 4.50. The van der Waals surface area contributed by atoms with Gasteiger partial charge in [0.25, 0.3) is 0 Å². The van der Waals surface area contributed by atoms with Crippen molar-refractivity contribution >= 4 is 40.3 Å². The van der Waals surface area contributed by atoms with E-state index >= 15 is 0 Å². The number of hydrogen-bond donors (Lipinski definition) is 1. The maximum Gasteiger partial charge on any atom is 0.330 e. The van der Waals surface area contributed by atoms with Gasteiger partial charge in [0.1, 0.15) is 6.04 Å². The van der Waals surface area contributed by atoms with Crippen molar-refractivity contribution in [2.24, 2.45) is 0 Å². The fraction of sp³-hybridized carbons (Fsp3) is 0.450. The average Bonchev–Trinajstić information content (AvgIpc) is 3.32. The van der Waals surface area contributed by atoms with Crippen molar-refractivity contribution in [2.45, 2.75) is 44.0 Å². The Balaban J connectivity index is 1.46. The smallest absolute Gasteiger partial charge is 0.330 e. The van der Waals surface area contributed by atoms with E-state index in [1.807, 2.05) is 25.1 Å². The van der Waals surface area contributed by atoms with Gasteiger partial charge in [-0.15, -0.1) is 11.8 Å². The first kappa shape index (κ1) is 18.1. The molecule has 0 radical (unpaired) electrons. The minimum absolute atomic E-state index is 0.0144. The second-order valence-electron chi connectivity index (χ2n) is 7.19. The first-order valence-electron chi connectivity index (χ1n) is 9.19. The molecule has 2 fully saturated rings. The topological polar surface area (TPSA) is 79.5 Å². The summed E-state index contributed by atoms with van der Waals surface area (Å²) in [6.45, 7) is 3.73. The molecule has 0 bridgehead atoms. The number of aromatic amines is 1. The normalized spacial score (nSPS) is 24.4. The maximum absolute atomic E-state index is 12.6. The van der Waals surface area contributed by atoms with Crippen molar-refractivity contribution in [3.05, 3.63) is 35.5 Å². The Hall–Kier alpha value is -2.28. The summed E-state index contributed by atoms with van der Waals surface area (Å²) in [5, 5.41) is 0.842. The fourth-order valence-corrected chi connectivity index (χ4v) is 5.46. The number of esters is 1. The molecule has 3 heterocycles. The lowest BCUT2D eigenvalue weighted by Crippen LogP contribution is -2.46. The standard InChI is InChI=1S/C20H22N2O4S/c1-3-12-5-4-6-13-14(9-21-18(12)13)16(23)10-26-19(25)15-11-27-20(2)8-7-17(24)22(15)20/h4-6,9,15,21H,3,7-8,10-11H2,1-2H3/t15-,20+/m0/s1. The van der Waals surface area contributed by atoms with Crippen molar-refractivity contribution in [3.8, 4) is 0 Å². The lowest BCUT2D eigenvalue weighted by Gasteiger charge is -2.29. The summed E-state index contributed by atoms with van der Waals surface area (Å²) in [6, 6.07) is 5.24. The van der Waals surface area contributed by atoms with Crippen LogP contribution in [0.25, 0.3) is 10.9 Å². The zero-order chi connectivity index (χ0) is 19.2. The Labute approximate surface area is 161 Å². The van der Waals surface area contributed by atoms with E-state index in [1.54, 1.807) is 22.9 Å². The van der Waals surface area contributed by atoms with Gasteiger partial charge in [-0.05, 0) is 25.3 Å². The third-order valence-corrected chi connectivity index (χ3v) is 7.05. The van der Waals surface area contributed by atoms with E-state index < -0.39 is 12.0 Å². The first-order valence-corrected chi connectivity index (χ1v) is 10.2. The van der Waals surface area contributed by atoms with Gasteiger partial charge >= 0.3 is 5.97 Å². The van der Waals surface area contributed by atoms with Crippen LogP contribution < -0.4 is 0 Å². The lowest BCUT2D eigenvalue weighted by molar-refractivity contribution is -0.152. The molecule has 7 heteroatoms. The molecular formula is C20H22N2O4S. The number of carbonyl (C=O) groups is 3. The van der Waals surface area contributed by atoms with E-state index in [4.69, 9.17) is 4.74 Å². The van der Waals surface area contributed by atoms with E-state index in [-0.39, 0.29) is 23.2 Å². The van der Waals surface area contributed by atoms with Crippen LogP contribution in [0.2, 0.25) is 0 Å². The number of ketones is 1. The molecule has 0 unspecified atom stereocenters. The molecule has 1 aromatic heterocycles. The van der Waals surface area contributed by atoms with E-state index in [1.165, 1.54) is 0 Å². The van der Waals surface area contributed by atoms with Crippen LogP contribution in [0.5, 0.6) is 0 Å². The van der Waals surface area contributed by atoms with Crippen LogP contribution in [-0.2, 0) is 20.7 Å². The fourth-order valence-electron chi connectivity index (χ4n) is 4.05. The number of H-pyrrole nitrogens is 1. The Morgan fingerprint density at radius 3 is 3.00 bits per heavy atom. The molecule has 2 atom stereocenters. The molecule has 1 aromatic carbocycles. The predicted octanol–water partition coefficient (Wildman–Crippen LogP) is 2.91. The van der Waals surface area contributed by atoms with Crippen molar-refractivity contribution in [2.75, 3.05) is 12.4 Å². The van der Waals surface area contributed by atoms with Crippen LogP contribution in [0, 0.1) is 0 Å². The van der Waals surface area contributed by atoms with Gasteiger partial charge in [0.2, 0.25) is 11.7 Å². The maximum atomic E-state index is 12.6. The lowest BCUT2D eigenvalue weighted by atomic mass is 10.1. The average molecular weight is 386 g/mol. The van der Waals surface area contributed by atoms with Gasteiger partial charge < -0.3 is 14.6 Å². The summed E-state index contributed by atoms with van der Waals surface area (Å²) in [4.78, 5) is 41.8. The Bertz CT molecular complexity index is 937. The number of carbonyl (C=O) groups excluding carboxylic acids is 3. The Morgan fingerprint density at radius 1 is 1.41 bits per heavy atom. The molecule has 27 heavy (non-hydrogen) atoms. The number of para-hydroxylation sites is 1. The number of amides is 1. The number of thioether (sulfide) groups is 1. The number of hydrogen-bond acceptors (Lipinski definition) is 5. The second-order valence-corrected chi connectivity index (χ2v) is 8.69. The zero-order valence-corrected chi connectivity index (χ0v) is 16.2. The number of ether oxygens (including phenoxy) is 1. The van der Waals surface area contributed by atoms with Crippen LogP contribution in [0.4, 0.5) is 0 Å². The predicted molar refractivity (Wildman–Crippen MR) is 104 cm³/mol. The monoisotopic (exact) mass is 386 g/mol. The number of fused-ring (bicyclic) bond motifs is 2. The third kappa shape index (κ3) is 2.94. The molecule has 0 aliphatic carbocycles. The highest BCUT2D eigenvalue weighted by molar-refractivity contribution is 8.01. The molecule has 6 nitrogen and oxygen atoms in total. The summed E-state index contributed by atoms with van der Waals surface area (Å²) < 4.78 is 5.31. The van der Waals surface area contributed by atoms with Crippen LogP contribution in [0.15, 0.2) is 24.4 Å². The molecule has 2 aliphatic rings. The molecule has 142 valence electrons. The molecule has 2 aromatic rings. The number of benzene rings is 1. The van der Waals surface area contributed by atoms with Gasteiger partial charge in [-0.1, -0.05) is 25.1 Å². The molecule has 0 spiro atoms. The number of Topliss-reactive ketones (excluding diaryl/α,β-unsaturated/α-hetero) is 1. The van der Waals surface area contributed by atoms with E-state index in [9.17, 15) is 14.4 Å². The van der Waals surface area contributed by atoms with Crippen LogP contribution in [-0.4, -0.2) is 50.8 Å². The molecule has 2 aliphatic heterocycles. The second kappa shape index (κ2) is 6.71. The number of aromatic nitrogens is 1. The molecule has 1 N–H and O–H groups in total. The van der Waals surface area contributed by atoms with Gasteiger partial charge in [-0.3, -0.25) is 9.59 Å². The van der Waals surface area contributed by atoms with Gasteiger partial charge in [0.15, 0.2) is 6.61 Å². The summed E-state index contributed by atoms with van der Waals surface area (Å²) in [6.07, 6.45) is 3.74. The summed E-state index contributed by atoms with van der Waals surface area (Å²) in [5.74, 6) is -0.241. The number of nitrogens with zero attached hydrogens (tertiary/aromatic N) is 1. The van der Waals surface area contributed by atoms with Crippen molar-refractivity contribution < 1.29 is 19.1 Å². The van der Waals surface area contributed by atoms with Crippen molar-refractivity contribution in [3.63, 3.8) is 0 Å². The molecule has 2 saturated heterocycles. The van der Waals surface area contributed by atoms with E-state index in [0.717, 1.165) is 29.3 Å². The highest BCUT2D eigenvalue weighted by atomic mass is 32.2. The van der Waals surface area contributed by atoms with Crippen molar-refractivity contribution in [1.29, 1.82) is 0 Å². The van der Waals surface area contributed by atoms with Crippen LogP contribution in [0.3, 0.4) is 0 Å². The van der Waals surface area contributed by atoms with Gasteiger partial charge in [0, 0.05) is 34.8 Å². The number of nitrogens with one attached hydrogen (secondary N) is 1. The van der Waals surface area contributed by atoms with Crippen LogP contribution >= 0.6 is 11.8 Å². The minimum Gasteiger partial charge on any atom is -0.456 e. The van der Waals surface area contributed by atoms with Gasteiger partial charge in [-0.2, -0.15) is 0 Å². The zero-order valence-electron chi connectivity index (χ0n) is 15.4. The summed E-state index contributed by atoms with van der Waals surface area (Å²) >= 11 is 1.61. The quantitative estimate of drug-likeness (QED) is 0.631. The largest absolute Gasteiger partial charge is 0.456 e. The number of rotatable bonds is 5.